The lowest BCUT2D eigenvalue weighted by atomic mass is 10.1. The van der Waals surface area contributed by atoms with Crippen molar-refractivity contribution in [3.8, 4) is 5.75 Å². The van der Waals surface area contributed by atoms with Gasteiger partial charge in [0.05, 0.1) is 12.0 Å². The molecule has 2 aromatic rings. The average molecular weight is 254 g/mol. The molecule has 0 aliphatic rings. The minimum Gasteiger partial charge on any atom is -0.494 e. The minimum atomic E-state index is -0.926. The van der Waals surface area contributed by atoms with Crippen molar-refractivity contribution in [2.45, 2.75) is 6.10 Å². The van der Waals surface area contributed by atoms with Crippen molar-refractivity contribution in [2.75, 3.05) is 12.8 Å². The van der Waals surface area contributed by atoms with E-state index in [0.29, 0.717) is 15.6 Å². The summed E-state index contributed by atoms with van der Waals surface area (Å²) in [4.78, 5) is 4.41. The van der Waals surface area contributed by atoms with Crippen LogP contribution in [-0.4, -0.2) is 17.2 Å². The predicted molar refractivity (Wildman–Crippen MR) is 63.5 cm³/mol. The van der Waals surface area contributed by atoms with Crippen LogP contribution in [0.25, 0.3) is 0 Å². The highest BCUT2D eigenvalue weighted by molar-refractivity contribution is 7.15. The maximum absolute atomic E-state index is 13.5. The second-order valence-electron chi connectivity index (χ2n) is 3.40. The van der Waals surface area contributed by atoms with E-state index >= 15 is 0 Å². The lowest BCUT2D eigenvalue weighted by Gasteiger charge is -2.09. The highest BCUT2D eigenvalue weighted by Gasteiger charge is 2.15. The van der Waals surface area contributed by atoms with Crippen molar-refractivity contribution in [2.24, 2.45) is 0 Å². The first-order chi connectivity index (χ1) is 8.11. The Bertz CT molecular complexity index is 530. The van der Waals surface area contributed by atoms with Gasteiger partial charge in [0.1, 0.15) is 6.10 Å². The fourth-order valence-electron chi connectivity index (χ4n) is 1.44. The number of halogens is 1. The van der Waals surface area contributed by atoms with Crippen LogP contribution in [0, 0.1) is 5.82 Å². The van der Waals surface area contributed by atoms with Gasteiger partial charge in [-0.1, -0.05) is 17.4 Å². The molecule has 0 aliphatic carbocycles. The maximum Gasteiger partial charge on any atom is 0.180 e. The van der Waals surface area contributed by atoms with E-state index in [9.17, 15) is 9.50 Å². The molecule has 2 rings (SSSR count). The van der Waals surface area contributed by atoms with Gasteiger partial charge >= 0.3 is 0 Å². The van der Waals surface area contributed by atoms with E-state index < -0.39 is 11.9 Å². The van der Waals surface area contributed by atoms with Gasteiger partial charge in [-0.15, -0.1) is 0 Å². The molecule has 0 amide bonds. The second kappa shape index (κ2) is 4.68. The first kappa shape index (κ1) is 11.8. The zero-order valence-electron chi connectivity index (χ0n) is 9.05. The number of anilines is 1. The van der Waals surface area contributed by atoms with Crippen LogP contribution in [-0.2, 0) is 0 Å². The van der Waals surface area contributed by atoms with Crippen molar-refractivity contribution in [1.82, 2.24) is 4.98 Å². The van der Waals surface area contributed by atoms with Gasteiger partial charge in [0.15, 0.2) is 16.7 Å². The first-order valence-corrected chi connectivity index (χ1v) is 5.66. The molecule has 17 heavy (non-hydrogen) atoms. The number of nitrogens with two attached hydrogens (primary N) is 1. The smallest absolute Gasteiger partial charge is 0.180 e. The monoisotopic (exact) mass is 254 g/mol. The Morgan fingerprint density at radius 1 is 1.53 bits per heavy atom. The van der Waals surface area contributed by atoms with Crippen LogP contribution in [0.4, 0.5) is 9.52 Å². The van der Waals surface area contributed by atoms with E-state index in [1.165, 1.54) is 36.8 Å². The third kappa shape index (κ3) is 2.37. The normalized spacial score (nSPS) is 12.4. The number of methoxy groups -OCH3 is 1. The number of thiazole rings is 1. The molecule has 0 saturated heterocycles. The Labute approximate surface area is 101 Å². The van der Waals surface area contributed by atoms with Crippen molar-refractivity contribution in [3.05, 3.63) is 40.7 Å². The molecule has 1 unspecified atom stereocenters. The van der Waals surface area contributed by atoms with E-state index in [2.05, 4.69) is 4.98 Å². The van der Waals surface area contributed by atoms with Gasteiger partial charge in [0.2, 0.25) is 0 Å². The molecule has 4 nitrogen and oxygen atoms in total. The molecule has 0 radical (unpaired) electrons. The molecule has 0 aliphatic heterocycles. The van der Waals surface area contributed by atoms with Crippen molar-refractivity contribution in [1.29, 1.82) is 0 Å². The summed E-state index contributed by atoms with van der Waals surface area (Å²) in [5.41, 5.74) is 5.91. The SMILES string of the molecule is COc1ccc(C(O)c2cnc(N)s2)cc1F. The Morgan fingerprint density at radius 2 is 2.29 bits per heavy atom. The number of rotatable bonds is 3. The summed E-state index contributed by atoms with van der Waals surface area (Å²) in [5, 5.41) is 10.4. The molecule has 0 spiro atoms. The van der Waals surface area contributed by atoms with Crippen molar-refractivity contribution < 1.29 is 14.2 Å². The molecule has 1 aromatic carbocycles. The van der Waals surface area contributed by atoms with Gasteiger partial charge in [0.25, 0.3) is 0 Å². The van der Waals surface area contributed by atoms with Gasteiger partial charge in [-0.2, -0.15) is 0 Å². The van der Waals surface area contributed by atoms with Gasteiger partial charge in [0, 0.05) is 6.20 Å². The predicted octanol–water partition coefficient (Wildman–Crippen LogP) is 1.95. The molecule has 0 saturated carbocycles. The van der Waals surface area contributed by atoms with Crippen molar-refractivity contribution in [3.63, 3.8) is 0 Å². The summed E-state index contributed by atoms with van der Waals surface area (Å²) in [6.07, 6.45) is 0.553. The Morgan fingerprint density at radius 3 is 2.82 bits per heavy atom. The topological polar surface area (TPSA) is 68.4 Å². The van der Waals surface area contributed by atoms with Crippen LogP contribution in [0.2, 0.25) is 0 Å². The van der Waals surface area contributed by atoms with E-state index in [-0.39, 0.29) is 5.75 Å². The van der Waals surface area contributed by atoms with Crippen LogP contribution in [0.15, 0.2) is 24.4 Å². The van der Waals surface area contributed by atoms with Gasteiger partial charge in [-0.3, -0.25) is 0 Å². The fourth-order valence-corrected chi connectivity index (χ4v) is 2.14. The standard InChI is InChI=1S/C11H11FN2O2S/c1-16-8-3-2-6(4-7(8)12)10(15)9-5-14-11(13)17-9/h2-5,10,15H,1H3,(H2,13,14). The number of aliphatic hydroxyl groups is 1. The summed E-state index contributed by atoms with van der Waals surface area (Å²) in [7, 11) is 1.39. The first-order valence-electron chi connectivity index (χ1n) is 4.84. The third-order valence-corrected chi connectivity index (χ3v) is 3.18. The molecule has 1 heterocycles. The zero-order chi connectivity index (χ0) is 12.4. The van der Waals surface area contributed by atoms with Crippen LogP contribution >= 0.6 is 11.3 Å². The Hall–Kier alpha value is -1.66. The van der Waals surface area contributed by atoms with E-state index in [1.54, 1.807) is 6.07 Å². The van der Waals surface area contributed by atoms with Gasteiger partial charge in [-0.25, -0.2) is 9.37 Å². The van der Waals surface area contributed by atoms with Crippen LogP contribution < -0.4 is 10.5 Å². The van der Waals surface area contributed by atoms with Crippen LogP contribution in [0.1, 0.15) is 16.5 Å². The van der Waals surface area contributed by atoms with E-state index in [4.69, 9.17) is 10.5 Å². The summed E-state index contributed by atoms with van der Waals surface area (Å²) in [6, 6.07) is 4.31. The molecule has 1 aromatic heterocycles. The molecule has 0 fully saturated rings. The molecular formula is C11H11FN2O2S. The molecule has 6 heteroatoms. The Balaban J connectivity index is 2.31. The third-order valence-electron chi connectivity index (χ3n) is 2.30. The van der Waals surface area contributed by atoms with E-state index in [0.717, 1.165) is 0 Å². The summed E-state index contributed by atoms with van der Waals surface area (Å²) < 4.78 is 18.3. The molecule has 3 N–H and O–H groups in total. The summed E-state index contributed by atoms with van der Waals surface area (Å²) in [6.45, 7) is 0. The van der Waals surface area contributed by atoms with Crippen molar-refractivity contribution >= 4 is 16.5 Å². The lowest BCUT2D eigenvalue weighted by molar-refractivity contribution is 0.223. The van der Waals surface area contributed by atoms with Crippen LogP contribution in [0.5, 0.6) is 5.75 Å². The second-order valence-corrected chi connectivity index (χ2v) is 4.49. The Kier molecular flexibility index (Phi) is 3.26. The highest BCUT2D eigenvalue weighted by atomic mass is 32.1. The number of hydrogen-bond donors (Lipinski definition) is 2. The highest BCUT2D eigenvalue weighted by Crippen LogP contribution is 2.29. The number of ether oxygens (including phenoxy) is 1. The largest absolute Gasteiger partial charge is 0.494 e. The lowest BCUT2D eigenvalue weighted by Crippen LogP contribution is -1.98. The minimum absolute atomic E-state index is 0.143. The van der Waals surface area contributed by atoms with Gasteiger partial charge < -0.3 is 15.6 Å². The van der Waals surface area contributed by atoms with Crippen LogP contribution in [0.3, 0.4) is 0 Å². The number of nitrogens with zero attached hydrogens (tertiary/aromatic N) is 1. The molecular weight excluding hydrogens is 243 g/mol. The quantitative estimate of drug-likeness (QED) is 0.878. The van der Waals surface area contributed by atoms with E-state index in [1.807, 2.05) is 0 Å². The van der Waals surface area contributed by atoms with Gasteiger partial charge in [-0.05, 0) is 17.7 Å². The summed E-state index contributed by atoms with van der Waals surface area (Å²) in [5.74, 6) is -0.369. The molecule has 0 bridgehead atoms. The fraction of sp³-hybridized carbons (Fsp3) is 0.182. The maximum atomic E-state index is 13.5. The average Bonchev–Trinajstić information content (AvgIpc) is 2.75. The zero-order valence-corrected chi connectivity index (χ0v) is 9.87. The number of benzene rings is 1. The number of aliphatic hydroxyl groups excluding tert-OH is 1. The molecule has 90 valence electrons. The number of nitrogen functional groups attached to an aromatic ring is 1. The summed E-state index contributed by atoms with van der Waals surface area (Å²) >= 11 is 1.17. The number of aromatic nitrogens is 1. The molecule has 1 atom stereocenters. The number of hydrogen-bond acceptors (Lipinski definition) is 5.